The highest BCUT2D eigenvalue weighted by molar-refractivity contribution is 7.10. The molecule has 0 spiro atoms. The van der Waals surface area contributed by atoms with Crippen LogP contribution in [-0.4, -0.2) is 23.9 Å². The zero-order valence-electron chi connectivity index (χ0n) is 12.4. The molecule has 3 nitrogen and oxygen atoms in total. The second-order valence-electron chi connectivity index (χ2n) is 5.30. The molecule has 1 aromatic carbocycles. The zero-order chi connectivity index (χ0) is 14.8. The third-order valence-corrected chi connectivity index (χ3v) is 5.06. The predicted molar refractivity (Wildman–Crippen MR) is 88.1 cm³/mol. The Hall–Kier alpha value is -1.81. The van der Waals surface area contributed by atoms with Crippen LogP contribution in [-0.2, 0) is 6.42 Å². The number of hydrogen-bond donors (Lipinski definition) is 1. The predicted octanol–water partition coefficient (Wildman–Crippen LogP) is 3.94. The minimum atomic E-state index is 0.121. The van der Waals surface area contributed by atoms with E-state index >= 15 is 0 Å². The highest BCUT2D eigenvalue weighted by Crippen LogP contribution is 2.34. The Morgan fingerprint density at radius 2 is 2.19 bits per heavy atom. The molecule has 0 bridgehead atoms. The van der Waals surface area contributed by atoms with Crippen molar-refractivity contribution in [3.05, 3.63) is 51.7 Å². The van der Waals surface area contributed by atoms with Crippen molar-refractivity contribution in [3.8, 4) is 0 Å². The number of benzene rings is 1. The Bertz CT molecular complexity index is 650. The van der Waals surface area contributed by atoms with Crippen molar-refractivity contribution in [2.45, 2.75) is 26.3 Å². The fraction of sp³-hybridized carbons (Fsp3) is 0.353. The van der Waals surface area contributed by atoms with Crippen LogP contribution in [0.1, 0.15) is 40.7 Å². The highest BCUT2D eigenvalue weighted by Gasteiger charge is 2.29. The van der Waals surface area contributed by atoms with Crippen LogP contribution in [0.2, 0.25) is 0 Å². The Balaban J connectivity index is 1.90. The number of nitrogens with one attached hydrogen (secondary N) is 1. The summed E-state index contributed by atoms with van der Waals surface area (Å²) in [6, 6.07) is 10.1. The van der Waals surface area contributed by atoms with E-state index in [0.717, 1.165) is 30.8 Å². The molecular formula is C17H20N2OS. The number of carbonyl (C=O) groups excluding carboxylic acids is 1. The summed E-state index contributed by atoms with van der Waals surface area (Å²) < 4.78 is 0. The summed E-state index contributed by atoms with van der Waals surface area (Å²) in [5.41, 5.74) is 3.00. The number of fused-ring (bicyclic) bond motifs is 1. The van der Waals surface area contributed by atoms with Crippen LogP contribution in [0.25, 0.3) is 0 Å². The minimum absolute atomic E-state index is 0.121. The number of amides is 1. The lowest BCUT2D eigenvalue weighted by Gasteiger charge is -2.34. The largest absolute Gasteiger partial charge is 0.385 e. The van der Waals surface area contributed by atoms with Gasteiger partial charge in [0.05, 0.1) is 11.6 Å². The maximum absolute atomic E-state index is 12.9. The van der Waals surface area contributed by atoms with Gasteiger partial charge in [-0.3, -0.25) is 4.79 Å². The van der Waals surface area contributed by atoms with Crippen LogP contribution in [0.3, 0.4) is 0 Å². The molecule has 0 fully saturated rings. The first-order valence-electron chi connectivity index (χ1n) is 7.42. The van der Waals surface area contributed by atoms with Gasteiger partial charge >= 0.3 is 0 Å². The van der Waals surface area contributed by atoms with Gasteiger partial charge in [0, 0.05) is 23.7 Å². The van der Waals surface area contributed by atoms with E-state index in [1.54, 1.807) is 11.3 Å². The SMILES string of the molecule is CCNc1ccccc1C(=O)N1CCc2sccc2C1C. The quantitative estimate of drug-likeness (QED) is 0.931. The average molecular weight is 300 g/mol. The molecule has 1 amide bonds. The summed E-state index contributed by atoms with van der Waals surface area (Å²) in [5.74, 6) is 0.121. The molecule has 2 heterocycles. The van der Waals surface area contributed by atoms with Gasteiger partial charge < -0.3 is 10.2 Å². The molecule has 1 aliphatic rings. The molecule has 110 valence electrons. The number of thiophene rings is 1. The highest BCUT2D eigenvalue weighted by atomic mass is 32.1. The monoisotopic (exact) mass is 300 g/mol. The Morgan fingerprint density at radius 3 is 3.00 bits per heavy atom. The van der Waals surface area contributed by atoms with Gasteiger partial charge in [-0.05, 0) is 49.4 Å². The molecule has 1 aromatic heterocycles. The van der Waals surface area contributed by atoms with Crippen LogP contribution in [0, 0.1) is 0 Å². The van der Waals surface area contributed by atoms with Gasteiger partial charge in [-0.25, -0.2) is 0 Å². The average Bonchev–Trinajstić information content (AvgIpc) is 2.97. The maximum atomic E-state index is 12.9. The molecule has 1 aliphatic heterocycles. The first-order chi connectivity index (χ1) is 10.2. The Morgan fingerprint density at radius 1 is 1.38 bits per heavy atom. The van der Waals surface area contributed by atoms with Crippen molar-refractivity contribution >= 4 is 22.9 Å². The molecule has 1 atom stereocenters. The van der Waals surface area contributed by atoms with E-state index in [1.807, 2.05) is 36.1 Å². The fourth-order valence-electron chi connectivity index (χ4n) is 2.96. The number of hydrogen-bond acceptors (Lipinski definition) is 3. The number of anilines is 1. The summed E-state index contributed by atoms with van der Waals surface area (Å²) in [6.45, 7) is 5.78. The molecule has 1 N–H and O–H groups in total. The van der Waals surface area contributed by atoms with Crippen LogP contribution < -0.4 is 5.32 Å². The second kappa shape index (κ2) is 5.90. The van der Waals surface area contributed by atoms with E-state index in [9.17, 15) is 4.79 Å². The van der Waals surface area contributed by atoms with E-state index in [4.69, 9.17) is 0 Å². The number of para-hydroxylation sites is 1. The van der Waals surface area contributed by atoms with Gasteiger partial charge in [0.2, 0.25) is 0 Å². The van der Waals surface area contributed by atoms with E-state index in [2.05, 4.69) is 23.7 Å². The lowest BCUT2D eigenvalue weighted by Crippen LogP contribution is -2.38. The Labute approximate surface area is 129 Å². The molecule has 1 unspecified atom stereocenters. The normalized spacial score (nSPS) is 17.4. The van der Waals surface area contributed by atoms with Crippen molar-refractivity contribution in [1.29, 1.82) is 0 Å². The third-order valence-electron chi connectivity index (χ3n) is 4.06. The van der Waals surface area contributed by atoms with Crippen molar-refractivity contribution < 1.29 is 4.79 Å². The van der Waals surface area contributed by atoms with Gasteiger partial charge in [0.1, 0.15) is 0 Å². The summed E-state index contributed by atoms with van der Waals surface area (Å²) in [5, 5.41) is 5.41. The molecule has 2 aromatic rings. The first-order valence-corrected chi connectivity index (χ1v) is 8.30. The van der Waals surface area contributed by atoms with Gasteiger partial charge in [-0.2, -0.15) is 0 Å². The van der Waals surface area contributed by atoms with Gasteiger partial charge in [-0.15, -0.1) is 11.3 Å². The summed E-state index contributed by atoms with van der Waals surface area (Å²) >= 11 is 1.80. The molecule has 21 heavy (non-hydrogen) atoms. The summed E-state index contributed by atoms with van der Waals surface area (Å²) in [4.78, 5) is 16.3. The van der Waals surface area contributed by atoms with Crippen LogP contribution >= 0.6 is 11.3 Å². The minimum Gasteiger partial charge on any atom is -0.385 e. The lowest BCUT2D eigenvalue weighted by molar-refractivity contribution is 0.0680. The standard InChI is InChI=1S/C17H20N2OS/c1-3-18-15-7-5-4-6-14(15)17(20)19-10-8-16-13(12(19)2)9-11-21-16/h4-7,9,11-12,18H,3,8,10H2,1-2H3. The molecule has 0 saturated heterocycles. The number of carbonyl (C=O) groups is 1. The van der Waals surface area contributed by atoms with Gasteiger partial charge in [0.15, 0.2) is 0 Å². The van der Waals surface area contributed by atoms with E-state index in [1.165, 1.54) is 10.4 Å². The molecule has 0 aliphatic carbocycles. The van der Waals surface area contributed by atoms with E-state index < -0.39 is 0 Å². The van der Waals surface area contributed by atoms with Crippen molar-refractivity contribution in [2.24, 2.45) is 0 Å². The molecular weight excluding hydrogens is 280 g/mol. The zero-order valence-corrected chi connectivity index (χ0v) is 13.2. The third kappa shape index (κ3) is 2.56. The van der Waals surface area contributed by atoms with E-state index in [-0.39, 0.29) is 11.9 Å². The molecule has 0 saturated carbocycles. The first kappa shape index (κ1) is 14.1. The number of rotatable bonds is 3. The van der Waals surface area contributed by atoms with Crippen LogP contribution in [0.15, 0.2) is 35.7 Å². The summed E-state index contributed by atoms with van der Waals surface area (Å²) in [7, 11) is 0. The van der Waals surface area contributed by atoms with Crippen molar-refractivity contribution in [3.63, 3.8) is 0 Å². The molecule has 0 radical (unpaired) electrons. The van der Waals surface area contributed by atoms with Crippen LogP contribution in [0.4, 0.5) is 5.69 Å². The Kier molecular flexibility index (Phi) is 3.97. The number of nitrogens with zero attached hydrogens (tertiary/aromatic N) is 1. The van der Waals surface area contributed by atoms with Crippen molar-refractivity contribution in [1.82, 2.24) is 4.90 Å². The van der Waals surface area contributed by atoms with Gasteiger partial charge in [0.25, 0.3) is 5.91 Å². The smallest absolute Gasteiger partial charge is 0.256 e. The fourth-order valence-corrected chi connectivity index (χ4v) is 3.92. The molecule has 4 heteroatoms. The van der Waals surface area contributed by atoms with E-state index in [0.29, 0.717) is 0 Å². The molecule has 3 rings (SSSR count). The topological polar surface area (TPSA) is 32.3 Å². The van der Waals surface area contributed by atoms with Gasteiger partial charge in [-0.1, -0.05) is 12.1 Å². The summed E-state index contributed by atoms with van der Waals surface area (Å²) in [6.07, 6.45) is 0.965. The van der Waals surface area contributed by atoms with Crippen LogP contribution in [0.5, 0.6) is 0 Å². The maximum Gasteiger partial charge on any atom is 0.256 e. The van der Waals surface area contributed by atoms with Crippen molar-refractivity contribution in [2.75, 3.05) is 18.4 Å². The lowest BCUT2D eigenvalue weighted by atomic mass is 10.00. The second-order valence-corrected chi connectivity index (χ2v) is 6.30.